The van der Waals surface area contributed by atoms with Gasteiger partial charge in [0.2, 0.25) is 0 Å². The number of hydrogen-bond acceptors (Lipinski definition) is 2. The summed E-state index contributed by atoms with van der Waals surface area (Å²) in [5.74, 6) is 0.789. The summed E-state index contributed by atoms with van der Waals surface area (Å²) in [6.45, 7) is 2.01. The minimum Gasteiger partial charge on any atom is -0.282 e. The molecule has 0 atom stereocenters. The van der Waals surface area contributed by atoms with Gasteiger partial charge in [0.25, 0.3) is 0 Å². The van der Waals surface area contributed by atoms with Crippen LogP contribution >= 0.6 is 11.6 Å². The van der Waals surface area contributed by atoms with E-state index in [4.69, 9.17) is 11.6 Å². The molecule has 0 spiro atoms. The Balaban J connectivity index is 2.15. The zero-order valence-corrected chi connectivity index (χ0v) is 11.2. The molecule has 0 aliphatic rings. The lowest BCUT2D eigenvalue weighted by Gasteiger charge is -2.07. The highest BCUT2D eigenvalue weighted by Crippen LogP contribution is 2.24. The smallest absolute Gasteiger partial charge is 0.168 e. The fraction of sp³-hybridized carbons (Fsp3) is 0.0667. The van der Waals surface area contributed by atoms with E-state index in [1.54, 1.807) is 6.33 Å². The molecule has 94 valence electrons. The minimum atomic E-state index is 0.706. The van der Waals surface area contributed by atoms with Gasteiger partial charge in [0.15, 0.2) is 5.82 Å². The van der Waals surface area contributed by atoms with E-state index in [1.165, 1.54) is 0 Å². The van der Waals surface area contributed by atoms with Crippen LogP contribution in [0.2, 0.25) is 5.02 Å². The van der Waals surface area contributed by atoms with E-state index < -0.39 is 0 Å². The van der Waals surface area contributed by atoms with Gasteiger partial charge >= 0.3 is 0 Å². The van der Waals surface area contributed by atoms with Crippen molar-refractivity contribution in [3.63, 3.8) is 0 Å². The summed E-state index contributed by atoms with van der Waals surface area (Å²) in [5, 5.41) is 8.91. The van der Waals surface area contributed by atoms with E-state index >= 15 is 0 Å². The molecule has 2 aromatic carbocycles. The summed E-state index contributed by atoms with van der Waals surface area (Å²) in [4.78, 5) is 0. The number of rotatable bonds is 2. The number of aromatic nitrogens is 3. The van der Waals surface area contributed by atoms with Crippen LogP contribution in [0, 0.1) is 6.92 Å². The average molecular weight is 270 g/mol. The third-order valence-electron chi connectivity index (χ3n) is 2.88. The third-order valence-corrected chi connectivity index (χ3v) is 3.10. The summed E-state index contributed by atoms with van der Waals surface area (Å²) in [6, 6.07) is 15.9. The Hall–Kier alpha value is -2.13. The van der Waals surface area contributed by atoms with E-state index in [0.717, 1.165) is 22.6 Å². The fourth-order valence-corrected chi connectivity index (χ4v) is 2.36. The van der Waals surface area contributed by atoms with Gasteiger partial charge in [0.05, 0.1) is 0 Å². The molecule has 0 N–H and O–H groups in total. The maximum Gasteiger partial charge on any atom is 0.168 e. The first-order chi connectivity index (χ1) is 9.24. The van der Waals surface area contributed by atoms with Crippen LogP contribution in [0.5, 0.6) is 0 Å². The van der Waals surface area contributed by atoms with Crippen molar-refractivity contribution in [2.24, 2.45) is 0 Å². The van der Waals surface area contributed by atoms with Gasteiger partial charge in [-0.05, 0) is 42.8 Å². The van der Waals surface area contributed by atoms with Gasteiger partial charge in [-0.15, -0.1) is 10.2 Å². The van der Waals surface area contributed by atoms with Gasteiger partial charge in [-0.25, -0.2) is 0 Å². The highest BCUT2D eigenvalue weighted by molar-refractivity contribution is 6.30. The Labute approximate surface area is 116 Å². The van der Waals surface area contributed by atoms with Gasteiger partial charge in [0, 0.05) is 16.3 Å². The van der Waals surface area contributed by atoms with Crippen molar-refractivity contribution >= 4 is 11.6 Å². The van der Waals surface area contributed by atoms with Crippen LogP contribution in [0.3, 0.4) is 0 Å². The number of halogens is 1. The number of nitrogens with zero attached hydrogens (tertiary/aromatic N) is 3. The summed E-state index contributed by atoms with van der Waals surface area (Å²) in [6.07, 6.45) is 1.71. The van der Waals surface area contributed by atoms with Gasteiger partial charge in [-0.2, -0.15) is 0 Å². The van der Waals surface area contributed by atoms with Crippen molar-refractivity contribution in [2.75, 3.05) is 0 Å². The van der Waals surface area contributed by atoms with Gasteiger partial charge in [-0.1, -0.05) is 29.8 Å². The number of hydrogen-bond donors (Lipinski definition) is 0. The zero-order chi connectivity index (χ0) is 13.2. The van der Waals surface area contributed by atoms with Crippen molar-refractivity contribution in [3.05, 3.63) is 65.4 Å². The SMILES string of the molecule is Cc1cc(Cl)cc(-c2nncn2-c2ccccc2)c1. The van der Waals surface area contributed by atoms with Crippen LogP contribution in [0.15, 0.2) is 54.9 Å². The van der Waals surface area contributed by atoms with Gasteiger partial charge in [0.1, 0.15) is 6.33 Å². The van der Waals surface area contributed by atoms with E-state index in [0.29, 0.717) is 5.02 Å². The van der Waals surface area contributed by atoms with Gasteiger partial charge in [-0.3, -0.25) is 4.57 Å². The molecule has 0 saturated heterocycles. The number of aryl methyl sites for hydroxylation is 1. The van der Waals surface area contributed by atoms with Crippen LogP contribution in [-0.2, 0) is 0 Å². The molecule has 0 bridgehead atoms. The molecule has 0 aliphatic carbocycles. The van der Waals surface area contributed by atoms with E-state index in [-0.39, 0.29) is 0 Å². The molecule has 19 heavy (non-hydrogen) atoms. The van der Waals surface area contributed by atoms with Crippen molar-refractivity contribution in [3.8, 4) is 17.1 Å². The highest BCUT2D eigenvalue weighted by Gasteiger charge is 2.09. The maximum atomic E-state index is 6.11. The molecule has 0 aliphatic heterocycles. The Morgan fingerprint density at radius 1 is 1.05 bits per heavy atom. The lowest BCUT2D eigenvalue weighted by molar-refractivity contribution is 1.06. The Morgan fingerprint density at radius 2 is 1.84 bits per heavy atom. The summed E-state index contributed by atoms with van der Waals surface area (Å²) in [7, 11) is 0. The van der Waals surface area contributed by atoms with Gasteiger partial charge < -0.3 is 0 Å². The Bertz CT molecular complexity index is 684. The quantitative estimate of drug-likeness (QED) is 0.706. The molecular formula is C15H12ClN3. The first kappa shape index (κ1) is 11.9. The summed E-state index contributed by atoms with van der Waals surface area (Å²) < 4.78 is 1.95. The first-order valence-corrected chi connectivity index (χ1v) is 6.35. The molecule has 3 rings (SSSR count). The molecular weight excluding hydrogens is 258 g/mol. The predicted molar refractivity (Wildman–Crippen MR) is 76.5 cm³/mol. The minimum absolute atomic E-state index is 0.706. The van der Waals surface area contributed by atoms with Crippen molar-refractivity contribution in [1.82, 2.24) is 14.8 Å². The topological polar surface area (TPSA) is 30.7 Å². The number of para-hydroxylation sites is 1. The molecule has 0 fully saturated rings. The molecule has 0 saturated carbocycles. The monoisotopic (exact) mass is 269 g/mol. The van der Waals surface area contributed by atoms with E-state index in [2.05, 4.69) is 16.3 Å². The molecule has 0 unspecified atom stereocenters. The first-order valence-electron chi connectivity index (χ1n) is 5.97. The Morgan fingerprint density at radius 3 is 2.58 bits per heavy atom. The van der Waals surface area contributed by atoms with Crippen molar-refractivity contribution in [1.29, 1.82) is 0 Å². The Kier molecular flexibility index (Phi) is 3.05. The van der Waals surface area contributed by atoms with Crippen molar-refractivity contribution < 1.29 is 0 Å². The van der Waals surface area contributed by atoms with Crippen LogP contribution in [0.25, 0.3) is 17.1 Å². The second-order valence-corrected chi connectivity index (χ2v) is 4.81. The lowest BCUT2D eigenvalue weighted by Crippen LogP contribution is -1.96. The molecule has 4 heteroatoms. The largest absolute Gasteiger partial charge is 0.282 e. The molecule has 0 radical (unpaired) electrons. The normalized spacial score (nSPS) is 10.6. The van der Waals surface area contributed by atoms with E-state index in [1.807, 2.05) is 54.0 Å². The fourth-order valence-electron chi connectivity index (χ4n) is 2.07. The predicted octanol–water partition coefficient (Wildman–Crippen LogP) is 3.90. The molecule has 1 heterocycles. The highest BCUT2D eigenvalue weighted by atomic mass is 35.5. The standard InChI is InChI=1S/C15H12ClN3/c1-11-7-12(9-13(16)8-11)15-18-17-10-19(15)14-5-3-2-4-6-14/h2-10H,1H3. The molecule has 3 nitrogen and oxygen atoms in total. The second-order valence-electron chi connectivity index (χ2n) is 4.38. The van der Waals surface area contributed by atoms with Crippen molar-refractivity contribution in [2.45, 2.75) is 6.92 Å². The van der Waals surface area contributed by atoms with Crippen LogP contribution < -0.4 is 0 Å². The zero-order valence-electron chi connectivity index (χ0n) is 10.4. The molecule has 0 amide bonds. The lowest BCUT2D eigenvalue weighted by atomic mass is 10.1. The summed E-state index contributed by atoms with van der Waals surface area (Å²) in [5.41, 5.74) is 3.09. The summed E-state index contributed by atoms with van der Waals surface area (Å²) >= 11 is 6.11. The average Bonchev–Trinajstić information content (AvgIpc) is 2.88. The number of benzene rings is 2. The maximum absolute atomic E-state index is 6.11. The third kappa shape index (κ3) is 2.37. The van der Waals surface area contributed by atoms with Crippen LogP contribution in [0.4, 0.5) is 0 Å². The molecule has 1 aromatic heterocycles. The van der Waals surface area contributed by atoms with E-state index in [9.17, 15) is 0 Å². The second kappa shape index (κ2) is 4.86. The van der Waals surface area contributed by atoms with Crippen LogP contribution in [0.1, 0.15) is 5.56 Å². The van der Waals surface area contributed by atoms with Crippen LogP contribution in [-0.4, -0.2) is 14.8 Å². The molecule has 3 aromatic rings.